The van der Waals surface area contributed by atoms with Crippen molar-refractivity contribution in [3.05, 3.63) is 71.3 Å². The Labute approximate surface area is 162 Å². The van der Waals surface area contributed by atoms with Crippen LogP contribution in [0.15, 0.2) is 54.6 Å². The van der Waals surface area contributed by atoms with E-state index < -0.39 is 0 Å². The molecule has 0 unspecified atom stereocenters. The number of nitrogens with one attached hydrogen (secondary N) is 1. The van der Waals surface area contributed by atoms with Gasteiger partial charge in [0.2, 0.25) is 5.91 Å². The van der Waals surface area contributed by atoms with Gasteiger partial charge in [-0.3, -0.25) is 9.59 Å². The van der Waals surface area contributed by atoms with Crippen molar-refractivity contribution in [2.75, 3.05) is 26.2 Å². The summed E-state index contributed by atoms with van der Waals surface area (Å²) in [7, 11) is 0. The van der Waals surface area contributed by atoms with Crippen molar-refractivity contribution in [1.29, 1.82) is 0 Å². The van der Waals surface area contributed by atoms with Crippen molar-refractivity contribution < 1.29 is 9.59 Å². The van der Waals surface area contributed by atoms with E-state index in [9.17, 15) is 9.59 Å². The lowest BCUT2D eigenvalue weighted by molar-refractivity contribution is -0.122. The second-order valence-electron chi connectivity index (χ2n) is 6.71. The maximum absolute atomic E-state index is 12.6. The molecule has 0 saturated carbocycles. The summed E-state index contributed by atoms with van der Waals surface area (Å²) in [6, 6.07) is 16.6. The van der Waals surface area contributed by atoms with Gasteiger partial charge < -0.3 is 10.2 Å². The van der Waals surface area contributed by atoms with Crippen LogP contribution in [0.25, 0.3) is 0 Å². The van der Waals surface area contributed by atoms with Crippen molar-refractivity contribution in [2.45, 2.75) is 33.1 Å². The molecule has 4 heteroatoms. The number of ketones is 1. The molecule has 0 aromatic heterocycles. The fourth-order valence-electron chi connectivity index (χ4n) is 3.06. The second kappa shape index (κ2) is 10.6. The van der Waals surface area contributed by atoms with Crippen molar-refractivity contribution in [2.24, 2.45) is 0 Å². The molecular formula is C23H30N2O2. The third-order valence-corrected chi connectivity index (χ3v) is 4.92. The number of benzene rings is 2. The molecule has 2 aromatic carbocycles. The lowest BCUT2D eigenvalue weighted by Crippen LogP contribution is -2.32. The predicted molar refractivity (Wildman–Crippen MR) is 110 cm³/mol. The molecule has 0 spiro atoms. The topological polar surface area (TPSA) is 49.4 Å². The van der Waals surface area contributed by atoms with E-state index in [4.69, 9.17) is 0 Å². The number of hydrogen-bond acceptors (Lipinski definition) is 3. The Morgan fingerprint density at radius 1 is 0.963 bits per heavy atom. The van der Waals surface area contributed by atoms with Gasteiger partial charge >= 0.3 is 0 Å². The third-order valence-electron chi connectivity index (χ3n) is 4.92. The van der Waals surface area contributed by atoms with E-state index in [-0.39, 0.29) is 17.6 Å². The van der Waals surface area contributed by atoms with Gasteiger partial charge in [-0.15, -0.1) is 0 Å². The largest absolute Gasteiger partial charge is 0.356 e. The molecule has 0 aliphatic carbocycles. The summed E-state index contributed by atoms with van der Waals surface area (Å²) in [5, 5.41) is 3.01. The number of rotatable bonds is 10. The quantitative estimate of drug-likeness (QED) is 0.513. The van der Waals surface area contributed by atoms with E-state index in [2.05, 4.69) is 24.1 Å². The molecule has 0 heterocycles. The normalized spacial score (nSPS) is 12.0. The first-order chi connectivity index (χ1) is 13.1. The van der Waals surface area contributed by atoms with E-state index in [1.54, 1.807) is 18.2 Å². The monoisotopic (exact) mass is 366 g/mol. The van der Waals surface area contributed by atoms with Gasteiger partial charge in [0, 0.05) is 17.7 Å². The highest BCUT2D eigenvalue weighted by molar-refractivity contribution is 6.09. The van der Waals surface area contributed by atoms with Crippen LogP contribution < -0.4 is 5.32 Å². The van der Waals surface area contributed by atoms with E-state index in [0.717, 1.165) is 31.6 Å². The van der Waals surface area contributed by atoms with Gasteiger partial charge in [0.05, 0.1) is 5.92 Å². The van der Waals surface area contributed by atoms with Gasteiger partial charge in [-0.05, 0) is 44.6 Å². The highest BCUT2D eigenvalue weighted by Gasteiger charge is 2.17. The molecule has 2 aromatic rings. The summed E-state index contributed by atoms with van der Waals surface area (Å²) in [5.74, 6) is -0.315. The van der Waals surface area contributed by atoms with Crippen LogP contribution in [0.4, 0.5) is 0 Å². The Kier molecular flexibility index (Phi) is 8.21. The first kappa shape index (κ1) is 20.8. The zero-order valence-corrected chi connectivity index (χ0v) is 16.6. The maximum Gasteiger partial charge on any atom is 0.227 e. The summed E-state index contributed by atoms with van der Waals surface area (Å²) in [6.45, 7) is 9.89. The number of carbonyl (C=O) groups is 2. The molecule has 0 aliphatic rings. The summed E-state index contributed by atoms with van der Waals surface area (Å²) in [4.78, 5) is 27.4. The molecular weight excluding hydrogens is 336 g/mol. The Morgan fingerprint density at radius 3 is 2.30 bits per heavy atom. The Morgan fingerprint density at radius 2 is 1.63 bits per heavy atom. The summed E-state index contributed by atoms with van der Waals surface area (Å²) < 4.78 is 0. The second-order valence-corrected chi connectivity index (χ2v) is 6.71. The first-order valence-electron chi connectivity index (χ1n) is 9.76. The van der Waals surface area contributed by atoms with E-state index in [0.29, 0.717) is 17.7 Å². The Bertz CT molecular complexity index is 739. The molecule has 4 nitrogen and oxygen atoms in total. The zero-order valence-electron chi connectivity index (χ0n) is 16.6. The molecule has 144 valence electrons. The summed E-state index contributed by atoms with van der Waals surface area (Å²) in [6.07, 6.45) is 0.937. The highest BCUT2D eigenvalue weighted by atomic mass is 16.1. The smallest absolute Gasteiger partial charge is 0.227 e. The van der Waals surface area contributed by atoms with Crippen molar-refractivity contribution in [3.8, 4) is 0 Å². The summed E-state index contributed by atoms with van der Waals surface area (Å²) in [5.41, 5.74) is 2.13. The van der Waals surface area contributed by atoms with Crippen LogP contribution in [0.1, 0.15) is 54.6 Å². The molecule has 27 heavy (non-hydrogen) atoms. The van der Waals surface area contributed by atoms with Gasteiger partial charge in [-0.2, -0.15) is 0 Å². The molecule has 1 atom stereocenters. The minimum absolute atomic E-state index is 0.00106. The summed E-state index contributed by atoms with van der Waals surface area (Å²) >= 11 is 0. The van der Waals surface area contributed by atoms with Gasteiger partial charge in [-0.1, -0.05) is 62.4 Å². The lowest BCUT2D eigenvalue weighted by Gasteiger charge is -2.18. The fraction of sp³-hybridized carbons (Fsp3) is 0.391. The van der Waals surface area contributed by atoms with Gasteiger partial charge in [-0.25, -0.2) is 0 Å². The molecule has 0 bridgehead atoms. The molecule has 0 fully saturated rings. The van der Waals surface area contributed by atoms with Crippen LogP contribution in [-0.2, 0) is 4.79 Å². The molecule has 1 amide bonds. The van der Waals surface area contributed by atoms with Crippen molar-refractivity contribution in [3.63, 3.8) is 0 Å². The van der Waals surface area contributed by atoms with Gasteiger partial charge in [0.1, 0.15) is 0 Å². The minimum atomic E-state index is -0.290. The van der Waals surface area contributed by atoms with Crippen LogP contribution in [-0.4, -0.2) is 42.8 Å². The minimum Gasteiger partial charge on any atom is -0.356 e. The number of carbonyl (C=O) groups excluding carboxylic acids is 2. The van der Waals surface area contributed by atoms with Crippen LogP contribution in [0, 0.1) is 0 Å². The van der Waals surface area contributed by atoms with Crippen LogP contribution in [0.2, 0.25) is 0 Å². The molecule has 0 radical (unpaired) electrons. The Balaban J connectivity index is 1.95. The van der Waals surface area contributed by atoms with Crippen molar-refractivity contribution >= 4 is 11.7 Å². The number of nitrogens with zero attached hydrogens (tertiary/aromatic N) is 1. The van der Waals surface area contributed by atoms with Crippen LogP contribution >= 0.6 is 0 Å². The standard InChI is InChI=1S/C23H30N2O2/c1-4-25(5-2)16-10-15-24-23(27)18(3)20-13-9-14-21(17-20)22(26)19-11-7-6-8-12-19/h6-9,11-14,17-18H,4-5,10,15-16H2,1-3H3,(H,24,27)/t18-/m1/s1. The maximum atomic E-state index is 12.6. The van der Waals surface area contributed by atoms with Crippen LogP contribution in [0.3, 0.4) is 0 Å². The van der Waals surface area contributed by atoms with Gasteiger partial charge in [0.25, 0.3) is 0 Å². The average Bonchev–Trinajstić information content (AvgIpc) is 2.73. The first-order valence-corrected chi connectivity index (χ1v) is 9.76. The molecule has 1 N–H and O–H groups in total. The number of amides is 1. The number of hydrogen-bond donors (Lipinski definition) is 1. The zero-order chi connectivity index (χ0) is 19.6. The van der Waals surface area contributed by atoms with Crippen LogP contribution in [0.5, 0.6) is 0 Å². The van der Waals surface area contributed by atoms with Crippen molar-refractivity contribution in [1.82, 2.24) is 10.2 Å². The Hall–Kier alpha value is -2.46. The predicted octanol–water partition coefficient (Wildman–Crippen LogP) is 3.87. The average molecular weight is 367 g/mol. The van der Waals surface area contributed by atoms with E-state index in [1.807, 2.05) is 43.3 Å². The third kappa shape index (κ3) is 6.04. The molecule has 2 rings (SSSR count). The van der Waals surface area contributed by atoms with E-state index >= 15 is 0 Å². The van der Waals surface area contributed by atoms with E-state index in [1.165, 1.54) is 0 Å². The molecule has 0 aliphatic heterocycles. The SMILES string of the molecule is CCN(CC)CCCNC(=O)[C@H](C)c1cccc(C(=O)c2ccccc2)c1. The van der Waals surface area contributed by atoms with Gasteiger partial charge in [0.15, 0.2) is 5.78 Å². The molecule has 0 saturated heterocycles. The lowest BCUT2D eigenvalue weighted by atomic mass is 9.95. The fourth-order valence-corrected chi connectivity index (χ4v) is 3.06. The highest BCUT2D eigenvalue weighted by Crippen LogP contribution is 2.19.